The smallest absolute Gasteiger partial charge is 0.411 e. The molecular weight excluding hydrogens is 310 g/mol. The molecule has 0 bridgehead atoms. The lowest BCUT2D eigenvalue weighted by Crippen LogP contribution is -2.11. The number of ether oxygens (including phenoxy) is 4. The van der Waals surface area contributed by atoms with E-state index in [1.807, 2.05) is 32.0 Å². The number of amides is 1. The molecule has 0 fully saturated rings. The van der Waals surface area contributed by atoms with E-state index < -0.39 is 6.09 Å². The number of methoxy groups -OCH3 is 1. The van der Waals surface area contributed by atoms with Crippen LogP contribution in [0, 0.1) is 13.8 Å². The fourth-order valence-electron chi connectivity index (χ4n) is 2.43. The first-order chi connectivity index (χ1) is 11.6. The van der Waals surface area contributed by atoms with E-state index >= 15 is 0 Å². The maximum atomic E-state index is 11.3. The number of aryl methyl sites for hydroxylation is 2. The van der Waals surface area contributed by atoms with Crippen LogP contribution in [0.25, 0.3) is 0 Å². The molecule has 0 radical (unpaired) electrons. The van der Waals surface area contributed by atoms with Crippen molar-refractivity contribution in [1.29, 1.82) is 0 Å². The number of fused-ring (bicyclic) bond motifs is 1. The van der Waals surface area contributed by atoms with Crippen molar-refractivity contribution in [2.75, 3.05) is 19.2 Å². The minimum absolute atomic E-state index is 0.257. The third-order valence-corrected chi connectivity index (χ3v) is 3.85. The normalized spacial score (nSPS) is 12.0. The Morgan fingerprint density at radius 3 is 2.58 bits per heavy atom. The highest BCUT2D eigenvalue weighted by Gasteiger charge is 2.16. The van der Waals surface area contributed by atoms with Gasteiger partial charge in [-0.3, -0.25) is 5.32 Å². The second kappa shape index (κ2) is 6.70. The van der Waals surface area contributed by atoms with E-state index in [-0.39, 0.29) is 6.79 Å². The SMILES string of the molecule is COC(=O)Nc1ccc(OCc2cc3c(cc2C)OCO3)cc1C. The van der Waals surface area contributed by atoms with Gasteiger partial charge in [-0.1, -0.05) is 0 Å². The van der Waals surface area contributed by atoms with E-state index in [0.717, 1.165) is 33.9 Å². The Morgan fingerprint density at radius 1 is 1.12 bits per heavy atom. The van der Waals surface area contributed by atoms with Crippen LogP contribution in [-0.2, 0) is 11.3 Å². The van der Waals surface area contributed by atoms with Gasteiger partial charge in [0, 0.05) is 5.69 Å². The molecule has 0 atom stereocenters. The number of carbonyl (C=O) groups is 1. The van der Waals surface area contributed by atoms with Crippen LogP contribution in [0.5, 0.6) is 17.2 Å². The maximum Gasteiger partial charge on any atom is 0.411 e. The summed E-state index contributed by atoms with van der Waals surface area (Å²) < 4.78 is 21.2. The van der Waals surface area contributed by atoms with Gasteiger partial charge < -0.3 is 18.9 Å². The van der Waals surface area contributed by atoms with Gasteiger partial charge in [0.2, 0.25) is 6.79 Å². The van der Waals surface area contributed by atoms with Gasteiger partial charge in [-0.25, -0.2) is 4.79 Å². The van der Waals surface area contributed by atoms with Crippen molar-refractivity contribution in [3.05, 3.63) is 47.0 Å². The molecule has 0 saturated carbocycles. The molecule has 126 valence electrons. The van der Waals surface area contributed by atoms with Crippen LogP contribution in [0.1, 0.15) is 16.7 Å². The van der Waals surface area contributed by atoms with Gasteiger partial charge in [-0.2, -0.15) is 0 Å². The molecule has 3 rings (SSSR count). The fraction of sp³-hybridized carbons (Fsp3) is 0.278. The predicted octanol–water partition coefficient (Wildman–Crippen LogP) is 3.79. The van der Waals surface area contributed by atoms with Crippen molar-refractivity contribution in [2.45, 2.75) is 20.5 Å². The minimum Gasteiger partial charge on any atom is -0.489 e. The quantitative estimate of drug-likeness (QED) is 0.924. The molecule has 0 saturated heterocycles. The largest absolute Gasteiger partial charge is 0.489 e. The minimum atomic E-state index is -0.497. The molecule has 0 aliphatic carbocycles. The Balaban J connectivity index is 1.69. The number of carbonyl (C=O) groups excluding carboxylic acids is 1. The van der Waals surface area contributed by atoms with E-state index in [1.165, 1.54) is 7.11 Å². The van der Waals surface area contributed by atoms with Gasteiger partial charge in [0.05, 0.1) is 7.11 Å². The van der Waals surface area contributed by atoms with Crippen LogP contribution < -0.4 is 19.5 Å². The predicted molar refractivity (Wildman–Crippen MR) is 88.8 cm³/mol. The van der Waals surface area contributed by atoms with Gasteiger partial charge in [0.15, 0.2) is 11.5 Å². The summed E-state index contributed by atoms with van der Waals surface area (Å²) in [6.07, 6.45) is -0.497. The summed E-state index contributed by atoms with van der Waals surface area (Å²) in [6, 6.07) is 9.36. The Morgan fingerprint density at radius 2 is 1.88 bits per heavy atom. The highest BCUT2D eigenvalue weighted by Crippen LogP contribution is 2.35. The van der Waals surface area contributed by atoms with Crippen molar-refractivity contribution in [2.24, 2.45) is 0 Å². The summed E-state index contributed by atoms with van der Waals surface area (Å²) in [6.45, 7) is 4.58. The third kappa shape index (κ3) is 3.37. The van der Waals surface area contributed by atoms with Crippen molar-refractivity contribution >= 4 is 11.8 Å². The molecule has 0 aromatic heterocycles. The molecule has 1 heterocycles. The lowest BCUT2D eigenvalue weighted by Gasteiger charge is -2.12. The van der Waals surface area contributed by atoms with Crippen LogP contribution in [0.2, 0.25) is 0 Å². The molecular formula is C18H19NO5. The summed E-state index contributed by atoms with van der Waals surface area (Å²) in [7, 11) is 1.33. The van der Waals surface area contributed by atoms with E-state index in [4.69, 9.17) is 14.2 Å². The van der Waals surface area contributed by atoms with Crippen LogP contribution in [-0.4, -0.2) is 20.0 Å². The molecule has 1 aliphatic rings. The van der Waals surface area contributed by atoms with Crippen molar-refractivity contribution in [1.82, 2.24) is 0 Å². The first kappa shape index (κ1) is 16.0. The maximum absolute atomic E-state index is 11.3. The molecule has 1 N–H and O–H groups in total. The molecule has 6 heteroatoms. The van der Waals surface area contributed by atoms with Crippen LogP contribution >= 0.6 is 0 Å². The second-order valence-corrected chi connectivity index (χ2v) is 5.51. The number of rotatable bonds is 4. The van der Waals surface area contributed by atoms with Crippen molar-refractivity contribution in [3.63, 3.8) is 0 Å². The Hall–Kier alpha value is -2.89. The second-order valence-electron chi connectivity index (χ2n) is 5.51. The van der Waals surface area contributed by atoms with Gasteiger partial charge in [-0.15, -0.1) is 0 Å². The summed E-state index contributed by atoms with van der Waals surface area (Å²) in [5, 5.41) is 2.65. The van der Waals surface area contributed by atoms with Crippen LogP contribution in [0.15, 0.2) is 30.3 Å². The average molecular weight is 329 g/mol. The van der Waals surface area contributed by atoms with Gasteiger partial charge in [0.25, 0.3) is 0 Å². The lowest BCUT2D eigenvalue weighted by molar-refractivity contribution is 0.174. The summed E-state index contributed by atoms with van der Waals surface area (Å²) in [4.78, 5) is 11.3. The van der Waals surface area contributed by atoms with Crippen LogP contribution in [0.3, 0.4) is 0 Å². The topological polar surface area (TPSA) is 66.0 Å². The highest BCUT2D eigenvalue weighted by molar-refractivity contribution is 5.85. The van der Waals surface area contributed by atoms with Crippen LogP contribution in [0.4, 0.5) is 10.5 Å². The van der Waals surface area contributed by atoms with Crippen molar-refractivity contribution < 1.29 is 23.7 Å². The molecule has 1 aliphatic heterocycles. The Bertz CT molecular complexity index is 772. The average Bonchev–Trinajstić information content (AvgIpc) is 3.01. The first-order valence-corrected chi connectivity index (χ1v) is 7.54. The highest BCUT2D eigenvalue weighted by atomic mass is 16.7. The fourth-order valence-corrected chi connectivity index (χ4v) is 2.43. The molecule has 2 aromatic carbocycles. The Kier molecular flexibility index (Phi) is 4.46. The molecule has 2 aromatic rings. The lowest BCUT2D eigenvalue weighted by atomic mass is 10.1. The van der Waals surface area contributed by atoms with Gasteiger partial charge >= 0.3 is 6.09 Å². The first-order valence-electron chi connectivity index (χ1n) is 7.54. The van der Waals surface area contributed by atoms with E-state index in [2.05, 4.69) is 10.1 Å². The van der Waals surface area contributed by atoms with E-state index in [9.17, 15) is 4.79 Å². The number of hydrogen-bond acceptors (Lipinski definition) is 5. The summed E-state index contributed by atoms with van der Waals surface area (Å²) in [5.74, 6) is 2.23. The third-order valence-electron chi connectivity index (χ3n) is 3.85. The van der Waals surface area contributed by atoms with E-state index in [1.54, 1.807) is 12.1 Å². The monoisotopic (exact) mass is 329 g/mol. The zero-order valence-electron chi connectivity index (χ0n) is 13.8. The number of benzene rings is 2. The molecule has 0 unspecified atom stereocenters. The molecule has 24 heavy (non-hydrogen) atoms. The van der Waals surface area contributed by atoms with Gasteiger partial charge in [-0.05, 0) is 60.9 Å². The summed E-state index contributed by atoms with van der Waals surface area (Å²) >= 11 is 0. The molecule has 1 amide bonds. The Labute approximate surface area is 140 Å². The summed E-state index contributed by atoms with van der Waals surface area (Å²) in [5.41, 5.74) is 3.70. The van der Waals surface area contributed by atoms with E-state index in [0.29, 0.717) is 12.3 Å². The molecule has 6 nitrogen and oxygen atoms in total. The zero-order valence-corrected chi connectivity index (χ0v) is 13.8. The number of hydrogen-bond donors (Lipinski definition) is 1. The number of nitrogens with one attached hydrogen (secondary N) is 1. The number of anilines is 1. The molecule has 0 spiro atoms. The van der Waals surface area contributed by atoms with Gasteiger partial charge in [0.1, 0.15) is 12.4 Å². The standard InChI is InChI=1S/C18H19NO5/c1-11-7-16-17(24-10-23-16)8-13(11)9-22-14-4-5-15(12(2)6-14)19-18(20)21-3/h4-8H,9-10H2,1-3H3,(H,19,20). The zero-order chi connectivity index (χ0) is 17.1. The van der Waals surface area contributed by atoms with Crippen molar-refractivity contribution in [3.8, 4) is 17.2 Å².